The van der Waals surface area contributed by atoms with Gasteiger partial charge in [0.2, 0.25) is 5.91 Å². The van der Waals surface area contributed by atoms with E-state index in [0.717, 1.165) is 30.7 Å². The van der Waals surface area contributed by atoms with Gasteiger partial charge in [-0.1, -0.05) is 23.2 Å². The number of nitrogens with zero attached hydrogens (tertiary/aromatic N) is 2. The third-order valence-corrected chi connectivity index (χ3v) is 4.47. The van der Waals surface area contributed by atoms with Crippen LogP contribution >= 0.6 is 23.2 Å². The minimum Gasteiger partial charge on any atom is -0.323 e. The molecule has 1 amide bonds. The summed E-state index contributed by atoms with van der Waals surface area (Å²) >= 11 is 13.3. The number of piperidine rings is 1. The van der Waals surface area contributed by atoms with Crippen molar-refractivity contribution in [2.45, 2.75) is 12.8 Å². The maximum Gasteiger partial charge on any atom is 0.228 e. The lowest BCUT2D eigenvalue weighted by Crippen LogP contribution is -2.37. The predicted octanol–water partition coefficient (Wildman–Crippen LogP) is 3.66. The van der Waals surface area contributed by atoms with Crippen LogP contribution in [0.3, 0.4) is 0 Å². The largest absolute Gasteiger partial charge is 0.323 e. The highest BCUT2D eigenvalue weighted by Gasteiger charge is 2.25. The van der Waals surface area contributed by atoms with Crippen LogP contribution in [0.25, 0.3) is 0 Å². The highest BCUT2D eigenvalue weighted by atomic mass is 35.5. The molecule has 2 N–H and O–H groups in total. The number of amides is 1. The number of nitrogens with one attached hydrogen (secondary N) is 2. The van der Waals surface area contributed by atoms with Crippen molar-refractivity contribution in [3.05, 3.63) is 16.1 Å². The van der Waals surface area contributed by atoms with Crippen molar-refractivity contribution >= 4 is 57.5 Å². The normalized spacial score (nSPS) is 20.4. The molecule has 1 aromatic carbocycles. The first kappa shape index (κ1) is 14.0. The van der Waals surface area contributed by atoms with Crippen LogP contribution in [0.2, 0.25) is 10.0 Å². The molecule has 2 aliphatic rings. The number of benzene rings is 1. The lowest BCUT2D eigenvalue weighted by atomic mass is 9.98. The fourth-order valence-corrected chi connectivity index (χ4v) is 3.45. The van der Waals surface area contributed by atoms with Gasteiger partial charge in [-0.3, -0.25) is 4.79 Å². The van der Waals surface area contributed by atoms with E-state index < -0.39 is 0 Å². The minimum atomic E-state index is -0.0456. The molecule has 20 heavy (non-hydrogen) atoms. The van der Waals surface area contributed by atoms with Gasteiger partial charge < -0.3 is 10.6 Å². The fraction of sp³-hybridized carbons (Fsp3) is 0.417. The molecule has 8 heteroatoms. The zero-order valence-corrected chi connectivity index (χ0v) is 12.8. The summed E-state index contributed by atoms with van der Waals surface area (Å²) in [5.41, 5.74) is 1.61. The summed E-state index contributed by atoms with van der Waals surface area (Å²) < 4.78 is 8.29. The summed E-state index contributed by atoms with van der Waals surface area (Å²) in [6.45, 7) is 1.65. The number of hydrogen-bond donors (Lipinski definition) is 2. The highest BCUT2D eigenvalue weighted by Crippen LogP contribution is 2.47. The Labute approximate surface area is 129 Å². The molecule has 2 heterocycles. The summed E-state index contributed by atoms with van der Waals surface area (Å²) in [6, 6.07) is 1.58. The first-order valence-corrected chi connectivity index (χ1v) is 7.77. The van der Waals surface area contributed by atoms with Gasteiger partial charge in [-0.2, -0.15) is 8.73 Å². The number of halogens is 2. The number of anilines is 1. The number of rotatable bonds is 2. The molecule has 0 bridgehead atoms. The maximum atomic E-state index is 12.3. The van der Waals surface area contributed by atoms with Gasteiger partial charge in [0.1, 0.15) is 11.4 Å². The van der Waals surface area contributed by atoms with Crippen molar-refractivity contribution in [3.63, 3.8) is 0 Å². The predicted molar refractivity (Wildman–Crippen MR) is 82.2 cm³/mol. The summed E-state index contributed by atoms with van der Waals surface area (Å²) in [5.74, 6) is -0.0899. The Hall–Kier alpha value is -0.950. The number of fused-ring (bicyclic) bond motifs is 1. The molecule has 0 spiro atoms. The van der Waals surface area contributed by atoms with Gasteiger partial charge in [0.25, 0.3) is 0 Å². The van der Waals surface area contributed by atoms with E-state index in [9.17, 15) is 4.79 Å². The molecule has 0 saturated carbocycles. The van der Waals surface area contributed by atoms with Crippen LogP contribution in [-0.2, 0) is 16.1 Å². The van der Waals surface area contributed by atoms with Crippen LogP contribution in [-0.4, -0.2) is 19.0 Å². The molecule has 0 unspecified atom stereocenters. The summed E-state index contributed by atoms with van der Waals surface area (Å²) in [6.07, 6.45) is 1.88. The standard InChI is InChI=1S/C12H12Cl2N4OS/c13-7-4-8(14)10-11(18-20-17-10)9(7)16-12(19)6-2-1-3-15-5-6/h4,6,15H,1-3,5H2,(H,16,19)/t6-/m0/s1. The van der Waals surface area contributed by atoms with Gasteiger partial charge in [0.15, 0.2) is 0 Å². The molecule has 1 aromatic rings. The Bertz CT molecular complexity index is 637. The molecule has 106 valence electrons. The topological polar surface area (TPSA) is 65.8 Å². The minimum absolute atomic E-state index is 0.0443. The Morgan fingerprint density at radius 2 is 2.15 bits per heavy atom. The van der Waals surface area contributed by atoms with Crippen molar-refractivity contribution in [1.82, 2.24) is 5.32 Å². The number of carbonyl (C=O) groups is 1. The molecule has 5 nitrogen and oxygen atoms in total. The van der Waals surface area contributed by atoms with Gasteiger partial charge in [0.05, 0.1) is 33.0 Å². The Kier molecular flexibility index (Phi) is 4.07. The first-order valence-electron chi connectivity index (χ1n) is 6.28. The van der Waals surface area contributed by atoms with E-state index >= 15 is 0 Å². The summed E-state index contributed by atoms with van der Waals surface area (Å²) in [7, 11) is 0. The monoisotopic (exact) mass is 330 g/mol. The molecule has 3 rings (SSSR count). The van der Waals surface area contributed by atoms with Crippen molar-refractivity contribution in [3.8, 4) is 0 Å². The number of carbonyl (C=O) groups excluding carboxylic acids is 1. The molecular weight excluding hydrogens is 319 g/mol. The van der Waals surface area contributed by atoms with E-state index in [0.29, 0.717) is 33.7 Å². The Morgan fingerprint density at radius 1 is 1.35 bits per heavy atom. The van der Waals surface area contributed by atoms with Crippen LogP contribution in [0, 0.1) is 5.92 Å². The number of hydrogen-bond acceptors (Lipinski definition) is 4. The van der Waals surface area contributed by atoms with Gasteiger partial charge in [-0.05, 0) is 25.5 Å². The zero-order chi connectivity index (χ0) is 14.1. The van der Waals surface area contributed by atoms with Crippen molar-refractivity contribution < 1.29 is 4.79 Å². The molecule has 0 aliphatic carbocycles. The van der Waals surface area contributed by atoms with Gasteiger partial charge in [0, 0.05) is 6.54 Å². The maximum absolute atomic E-state index is 12.3. The van der Waals surface area contributed by atoms with Gasteiger partial charge in [-0.15, -0.1) is 0 Å². The highest BCUT2D eigenvalue weighted by molar-refractivity contribution is 7.58. The van der Waals surface area contributed by atoms with E-state index in [4.69, 9.17) is 23.2 Å². The third kappa shape index (κ3) is 2.61. The van der Waals surface area contributed by atoms with Gasteiger partial charge >= 0.3 is 0 Å². The van der Waals surface area contributed by atoms with E-state index in [2.05, 4.69) is 19.4 Å². The Morgan fingerprint density at radius 3 is 2.90 bits per heavy atom. The van der Waals surface area contributed by atoms with Crippen LogP contribution in [0.5, 0.6) is 0 Å². The van der Waals surface area contributed by atoms with Crippen molar-refractivity contribution in [2.24, 2.45) is 14.6 Å². The zero-order valence-electron chi connectivity index (χ0n) is 10.4. The molecule has 1 fully saturated rings. The SMILES string of the molecule is O=C(Nc1c(Cl)cc(Cl)c2c1N=S=N2)[C@H]1CCCNC1. The van der Waals surface area contributed by atoms with Crippen LogP contribution in [0.15, 0.2) is 14.8 Å². The van der Waals surface area contributed by atoms with E-state index in [-0.39, 0.29) is 11.8 Å². The first-order chi connectivity index (χ1) is 9.66. The van der Waals surface area contributed by atoms with Crippen molar-refractivity contribution in [2.75, 3.05) is 18.4 Å². The second-order valence-corrected chi connectivity index (χ2v) is 6.05. The van der Waals surface area contributed by atoms with Crippen molar-refractivity contribution in [1.29, 1.82) is 0 Å². The van der Waals surface area contributed by atoms with Crippen LogP contribution in [0.4, 0.5) is 17.1 Å². The molecule has 2 aliphatic heterocycles. The van der Waals surface area contributed by atoms with E-state index in [1.54, 1.807) is 6.07 Å². The summed E-state index contributed by atoms with van der Waals surface area (Å²) in [5, 5.41) is 6.91. The second-order valence-electron chi connectivity index (χ2n) is 4.71. The molecule has 0 radical (unpaired) electrons. The average Bonchev–Trinajstić information content (AvgIpc) is 2.94. The van der Waals surface area contributed by atoms with Crippen LogP contribution in [0.1, 0.15) is 12.8 Å². The molecule has 0 aromatic heterocycles. The Balaban J connectivity index is 1.86. The van der Waals surface area contributed by atoms with Gasteiger partial charge in [-0.25, -0.2) is 0 Å². The van der Waals surface area contributed by atoms with E-state index in [1.165, 1.54) is 0 Å². The third-order valence-electron chi connectivity index (χ3n) is 3.36. The fourth-order valence-electron chi connectivity index (χ4n) is 2.29. The quantitative estimate of drug-likeness (QED) is 0.882. The van der Waals surface area contributed by atoms with E-state index in [1.807, 2.05) is 0 Å². The molecule has 1 atom stereocenters. The average molecular weight is 331 g/mol. The lowest BCUT2D eigenvalue weighted by Gasteiger charge is -2.22. The summed E-state index contributed by atoms with van der Waals surface area (Å²) in [4.78, 5) is 12.3. The molecular formula is C12H12Cl2N4OS. The smallest absolute Gasteiger partial charge is 0.228 e. The van der Waals surface area contributed by atoms with Crippen LogP contribution < -0.4 is 10.6 Å². The second kappa shape index (κ2) is 5.81. The lowest BCUT2D eigenvalue weighted by molar-refractivity contribution is -0.120. The molecule has 1 saturated heterocycles.